The highest BCUT2D eigenvalue weighted by Gasteiger charge is 2.32. The Hall–Kier alpha value is -3.75. The molecule has 0 radical (unpaired) electrons. The normalized spacial score (nSPS) is 15.1. The Morgan fingerprint density at radius 3 is 2.41 bits per heavy atom. The summed E-state index contributed by atoms with van der Waals surface area (Å²) in [6, 6.07) is 12.0. The summed E-state index contributed by atoms with van der Waals surface area (Å²) < 4.78 is 48.1. The molecule has 0 saturated heterocycles. The number of benzene rings is 2. The monoisotopic (exact) mass is 542 g/mol. The van der Waals surface area contributed by atoms with Crippen LogP contribution in [0.5, 0.6) is 5.75 Å². The topological polar surface area (TPSA) is 71.8 Å². The quantitative estimate of drug-likeness (QED) is 0.315. The van der Waals surface area contributed by atoms with E-state index in [1.165, 1.54) is 17.4 Å². The van der Waals surface area contributed by atoms with Crippen LogP contribution < -0.4 is 4.74 Å². The average molecular weight is 543 g/mol. The predicted molar refractivity (Wildman–Crippen MR) is 141 cm³/mol. The van der Waals surface area contributed by atoms with Crippen LogP contribution in [0.3, 0.4) is 0 Å². The third kappa shape index (κ3) is 7.02. The van der Waals surface area contributed by atoms with Crippen molar-refractivity contribution in [2.75, 3.05) is 13.6 Å². The van der Waals surface area contributed by atoms with Gasteiger partial charge < -0.3 is 19.3 Å². The van der Waals surface area contributed by atoms with Crippen LogP contribution in [0.1, 0.15) is 71.7 Å². The number of ether oxygens (including phenoxy) is 1. The zero-order valence-electron chi connectivity index (χ0n) is 22.1. The Morgan fingerprint density at radius 2 is 1.77 bits per heavy atom. The number of rotatable bonds is 9. The van der Waals surface area contributed by atoms with Crippen LogP contribution in [-0.2, 0) is 11.0 Å². The molecule has 2 aromatic carbocycles. The van der Waals surface area contributed by atoms with Gasteiger partial charge in [0.2, 0.25) is 0 Å². The molecule has 208 valence electrons. The number of aromatic nitrogens is 1. The van der Waals surface area contributed by atoms with Crippen molar-refractivity contribution in [3.8, 4) is 11.4 Å². The van der Waals surface area contributed by atoms with Crippen LogP contribution in [0.2, 0.25) is 0 Å². The van der Waals surface area contributed by atoms with Crippen LogP contribution in [0.25, 0.3) is 5.69 Å². The smallest absolute Gasteiger partial charge is 0.416 e. The maximum atomic E-state index is 13.3. The van der Waals surface area contributed by atoms with Gasteiger partial charge in [-0.1, -0.05) is 25.3 Å². The molecule has 1 unspecified atom stereocenters. The molecule has 1 aliphatic rings. The zero-order valence-corrected chi connectivity index (χ0v) is 22.1. The first kappa shape index (κ1) is 28.3. The summed E-state index contributed by atoms with van der Waals surface area (Å²) in [5.74, 6) is -0.412. The van der Waals surface area contributed by atoms with Gasteiger partial charge in [0.1, 0.15) is 11.9 Å². The molecule has 1 heterocycles. The molecule has 1 N–H and O–H groups in total. The Morgan fingerprint density at radius 1 is 1.08 bits per heavy atom. The largest absolute Gasteiger partial charge is 0.485 e. The van der Waals surface area contributed by atoms with E-state index in [1.807, 2.05) is 19.3 Å². The predicted octanol–water partition coefficient (Wildman–Crippen LogP) is 7.05. The Bertz CT molecular complexity index is 1290. The molecule has 0 spiro atoms. The average Bonchev–Trinajstić information content (AvgIpc) is 3.31. The summed E-state index contributed by atoms with van der Waals surface area (Å²) in [6.45, 7) is 2.05. The molecule has 6 nitrogen and oxygen atoms in total. The van der Waals surface area contributed by atoms with Gasteiger partial charge in [-0.15, -0.1) is 0 Å². The SMILES string of the molecule is Cc1cn(-c2cccc(C(F)(F)F)c2)cc1C(Oc1ccc(C(=O)N(C)CCC(=O)O)cc1)C1CCCCC1. The molecule has 1 aromatic heterocycles. The van der Waals surface area contributed by atoms with E-state index in [4.69, 9.17) is 9.84 Å². The molecule has 1 saturated carbocycles. The van der Waals surface area contributed by atoms with Gasteiger partial charge in [0, 0.05) is 48.7 Å². The van der Waals surface area contributed by atoms with Crippen LogP contribution in [-0.4, -0.2) is 40.0 Å². The fraction of sp³-hybridized carbons (Fsp3) is 0.400. The summed E-state index contributed by atoms with van der Waals surface area (Å²) in [5, 5.41) is 8.87. The van der Waals surface area contributed by atoms with E-state index in [-0.39, 0.29) is 30.9 Å². The van der Waals surface area contributed by atoms with Crippen molar-refractivity contribution in [3.05, 3.63) is 83.2 Å². The first-order valence-electron chi connectivity index (χ1n) is 13.1. The van der Waals surface area contributed by atoms with E-state index in [1.54, 1.807) is 41.9 Å². The van der Waals surface area contributed by atoms with Gasteiger partial charge in [0.05, 0.1) is 12.0 Å². The molecule has 9 heteroatoms. The lowest BCUT2D eigenvalue weighted by Crippen LogP contribution is -2.29. The molecule has 1 aliphatic carbocycles. The number of carboxylic acids is 1. The van der Waals surface area contributed by atoms with Crippen LogP contribution in [0, 0.1) is 12.8 Å². The molecule has 0 bridgehead atoms. The summed E-state index contributed by atoms with van der Waals surface area (Å²) >= 11 is 0. The van der Waals surface area contributed by atoms with Gasteiger partial charge in [-0.3, -0.25) is 9.59 Å². The number of alkyl halides is 3. The standard InChI is InChI=1S/C30H33F3N2O4/c1-20-18-35(24-10-6-9-23(17-24)30(31,32)33)19-26(20)28(21-7-4-3-5-8-21)39-25-13-11-22(12-14-25)29(38)34(2)16-15-27(36)37/h6,9-14,17-19,21,28H,3-5,7-8,15-16H2,1-2H3,(H,36,37). The van der Waals surface area contributed by atoms with Crippen molar-refractivity contribution in [3.63, 3.8) is 0 Å². The molecule has 1 amide bonds. The van der Waals surface area contributed by atoms with Gasteiger partial charge in [-0.25, -0.2) is 0 Å². The lowest BCUT2D eigenvalue weighted by atomic mass is 9.82. The fourth-order valence-corrected chi connectivity index (χ4v) is 5.12. The summed E-state index contributed by atoms with van der Waals surface area (Å²) in [5.41, 5.74) is 2.01. The lowest BCUT2D eigenvalue weighted by molar-refractivity contribution is -0.138. The van der Waals surface area contributed by atoms with Crippen molar-refractivity contribution in [2.45, 2.75) is 57.7 Å². The minimum Gasteiger partial charge on any atom is -0.485 e. The number of hydrogen-bond donors (Lipinski definition) is 1. The van der Waals surface area contributed by atoms with E-state index < -0.39 is 17.7 Å². The van der Waals surface area contributed by atoms with Crippen molar-refractivity contribution in [1.82, 2.24) is 9.47 Å². The number of aryl methyl sites for hydroxylation is 1. The zero-order chi connectivity index (χ0) is 28.2. The summed E-state index contributed by atoms with van der Waals surface area (Å²) in [7, 11) is 1.56. The number of nitrogens with zero attached hydrogens (tertiary/aromatic N) is 2. The second kappa shape index (κ2) is 12.0. The maximum absolute atomic E-state index is 13.3. The minimum atomic E-state index is -4.42. The van der Waals surface area contributed by atoms with Gasteiger partial charge in [-0.05, 0) is 67.8 Å². The Labute approximate surface area is 226 Å². The van der Waals surface area contributed by atoms with Crippen LogP contribution in [0.15, 0.2) is 60.9 Å². The second-order valence-electron chi connectivity index (χ2n) is 10.2. The van der Waals surface area contributed by atoms with Gasteiger partial charge in [-0.2, -0.15) is 13.2 Å². The summed E-state index contributed by atoms with van der Waals surface area (Å²) in [4.78, 5) is 24.8. The van der Waals surface area contributed by atoms with E-state index in [2.05, 4.69) is 0 Å². The third-order valence-electron chi connectivity index (χ3n) is 7.29. The van der Waals surface area contributed by atoms with Gasteiger partial charge in [0.25, 0.3) is 5.91 Å². The van der Waals surface area contributed by atoms with Crippen molar-refractivity contribution in [1.29, 1.82) is 0 Å². The molecule has 3 aromatic rings. The first-order valence-corrected chi connectivity index (χ1v) is 13.1. The van der Waals surface area contributed by atoms with Crippen LogP contribution >= 0.6 is 0 Å². The number of carboxylic acid groups (broad SMARTS) is 1. The highest BCUT2D eigenvalue weighted by atomic mass is 19.4. The number of carbonyl (C=O) groups excluding carboxylic acids is 1. The maximum Gasteiger partial charge on any atom is 0.416 e. The first-order chi connectivity index (χ1) is 18.5. The van der Waals surface area contributed by atoms with Crippen molar-refractivity contribution < 1.29 is 32.6 Å². The molecule has 1 atom stereocenters. The highest BCUT2D eigenvalue weighted by Crippen LogP contribution is 2.40. The van der Waals surface area contributed by atoms with Gasteiger partial charge in [0.15, 0.2) is 0 Å². The van der Waals surface area contributed by atoms with E-state index in [0.717, 1.165) is 48.9 Å². The van der Waals surface area contributed by atoms with Gasteiger partial charge >= 0.3 is 12.1 Å². The number of hydrogen-bond acceptors (Lipinski definition) is 3. The van der Waals surface area contributed by atoms with E-state index in [0.29, 0.717) is 17.0 Å². The molecule has 39 heavy (non-hydrogen) atoms. The number of amides is 1. The highest BCUT2D eigenvalue weighted by molar-refractivity contribution is 5.94. The second-order valence-corrected chi connectivity index (χ2v) is 10.2. The molecule has 0 aliphatic heterocycles. The summed E-state index contributed by atoms with van der Waals surface area (Å²) in [6.07, 6.45) is 4.17. The minimum absolute atomic E-state index is 0.109. The van der Waals surface area contributed by atoms with Crippen molar-refractivity contribution in [2.24, 2.45) is 5.92 Å². The molecule has 1 fully saturated rings. The fourth-order valence-electron chi connectivity index (χ4n) is 5.12. The Balaban J connectivity index is 1.58. The Kier molecular flexibility index (Phi) is 8.67. The number of halogens is 3. The lowest BCUT2D eigenvalue weighted by Gasteiger charge is -2.31. The number of aliphatic carboxylic acids is 1. The van der Waals surface area contributed by atoms with E-state index >= 15 is 0 Å². The van der Waals surface area contributed by atoms with Crippen molar-refractivity contribution >= 4 is 11.9 Å². The van der Waals surface area contributed by atoms with E-state index in [9.17, 15) is 22.8 Å². The number of carbonyl (C=O) groups is 2. The molecular formula is C30H33F3N2O4. The molecular weight excluding hydrogens is 509 g/mol. The van der Waals surface area contributed by atoms with Crippen LogP contribution in [0.4, 0.5) is 13.2 Å². The third-order valence-corrected chi connectivity index (χ3v) is 7.29. The molecule has 4 rings (SSSR count).